The Morgan fingerprint density at radius 1 is 1.33 bits per heavy atom. The standard InChI is InChI=1S/C7H6BrF3N2.C2H6/c8-5-1-2-6(12-3-5)13-4-7(9,10)11;1-2/h1-3H,4H2,(H,12,13);1-2H3. The van der Waals surface area contributed by atoms with E-state index < -0.39 is 12.7 Å². The summed E-state index contributed by atoms with van der Waals surface area (Å²) in [6, 6.07) is 3.08. The van der Waals surface area contributed by atoms with Crippen LogP contribution in [-0.4, -0.2) is 17.7 Å². The van der Waals surface area contributed by atoms with Crippen molar-refractivity contribution in [1.82, 2.24) is 4.98 Å². The highest BCUT2D eigenvalue weighted by molar-refractivity contribution is 9.10. The van der Waals surface area contributed by atoms with Crippen LogP contribution in [0, 0.1) is 0 Å². The van der Waals surface area contributed by atoms with E-state index >= 15 is 0 Å². The number of pyridine rings is 1. The fraction of sp³-hybridized carbons (Fsp3) is 0.444. The van der Waals surface area contributed by atoms with Crippen molar-refractivity contribution in [2.24, 2.45) is 0 Å². The van der Waals surface area contributed by atoms with Crippen molar-refractivity contribution in [1.29, 1.82) is 0 Å². The summed E-state index contributed by atoms with van der Waals surface area (Å²) in [6.45, 7) is 2.93. The molecule has 0 saturated heterocycles. The number of halogens is 4. The van der Waals surface area contributed by atoms with E-state index in [0.29, 0.717) is 0 Å². The lowest BCUT2D eigenvalue weighted by Gasteiger charge is -2.08. The van der Waals surface area contributed by atoms with E-state index in [2.05, 4.69) is 26.2 Å². The van der Waals surface area contributed by atoms with Gasteiger partial charge in [-0.3, -0.25) is 0 Å². The van der Waals surface area contributed by atoms with Crippen LogP contribution in [0.3, 0.4) is 0 Å². The molecule has 1 aromatic heterocycles. The lowest BCUT2D eigenvalue weighted by Crippen LogP contribution is -2.21. The molecule has 0 aliphatic rings. The van der Waals surface area contributed by atoms with Gasteiger partial charge in [0.15, 0.2) is 0 Å². The molecule has 0 amide bonds. The van der Waals surface area contributed by atoms with Gasteiger partial charge in [0.05, 0.1) is 0 Å². The van der Waals surface area contributed by atoms with E-state index in [1.165, 1.54) is 12.3 Å². The molecular weight excluding hydrogens is 273 g/mol. The van der Waals surface area contributed by atoms with Gasteiger partial charge in [-0.25, -0.2) is 4.98 Å². The molecule has 2 nitrogen and oxygen atoms in total. The van der Waals surface area contributed by atoms with Crippen molar-refractivity contribution in [3.8, 4) is 0 Å². The molecule has 1 rings (SSSR count). The van der Waals surface area contributed by atoms with E-state index in [1.54, 1.807) is 6.07 Å². The Morgan fingerprint density at radius 2 is 1.93 bits per heavy atom. The highest BCUT2D eigenvalue weighted by Crippen LogP contribution is 2.16. The van der Waals surface area contributed by atoms with Gasteiger partial charge in [-0.1, -0.05) is 13.8 Å². The van der Waals surface area contributed by atoms with Crippen LogP contribution in [-0.2, 0) is 0 Å². The molecule has 1 heterocycles. The molecule has 1 N–H and O–H groups in total. The molecule has 86 valence electrons. The Labute approximate surface area is 95.0 Å². The number of hydrogen-bond donors (Lipinski definition) is 1. The van der Waals surface area contributed by atoms with Crippen LogP contribution in [0.25, 0.3) is 0 Å². The second kappa shape index (κ2) is 6.66. The number of alkyl halides is 3. The molecule has 6 heteroatoms. The molecule has 0 unspecified atom stereocenters. The highest BCUT2D eigenvalue weighted by atomic mass is 79.9. The van der Waals surface area contributed by atoms with Gasteiger partial charge in [-0.15, -0.1) is 0 Å². The third-order valence-electron chi connectivity index (χ3n) is 1.20. The Morgan fingerprint density at radius 3 is 2.33 bits per heavy atom. The monoisotopic (exact) mass is 284 g/mol. The summed E-state index contributed by atoms with van der Waals surface area (Å²) in [6.07, 6.45) is -2.78. The summed E-state index contributed by atoms with van der Waals surface area (Å²) in [5, 5.41) is 2.15. The molecule has 0 fully saturated rings. The topological polar surface area (TPSA) is 24.9 Å². The third kappa shape index (κ3) is 7.18. The van der Waals surface area contributed by atoms with Gasteiger partial charge in [0.25, 0.3) is 0 Å². The summed E-state index contributed by atoms with van der Waals surface area (Å²) in [5.74, 6) is 0.209. The molecule has 0 aliphatic carbocycles. The molecule has 15 heavy (non-hydrogen) atoms. The minimum atomic E-state index is -4.21. The van der Waals surface area contributed by atoms with Crippen LogP contribution in [0.5, 0.6) is 0 Å². The number of rotatable bonds is 2. The van der Waals surface area contributed by atoms with Crippen molar-refractivity contribution < 1.29 is 13.2 Å². The van der Waals surface area contributed by atoms with Crippen molar-refractivity contribution in [3.05, 3.63) is 22.8 Å². The SMILES string of the molecule is CC.FC(F)(F)CNc1ccc(Br)cn1. The van der Waals surface area contributed by atoms with Crippen LogP contribution in [0.15, 0.2) is 22.8 Å². The Bertz CT molecular complexity index is 272. The Balaban J connectivity index is 0.000000921. The van der Waals surface area contributed by atoms with Gasteiger partial charge in [0.1, 0.15) is 12.4 Å². The summed E-state index contributed by atoms with van der Waals surface area (Å²) < 4.78 is 35.9. The van der Waals surface area contributed by atoms with E-state index in [9.17, 15) is 13.2 Å². The maximum absolute atomic E-state index is 11.7. The number of aromatic nitrogens is 1. The van der Waals surface area contributed by atoms with E-state index in [1.807, 2.05) is 13.8 Å². The number of hydrogen-bond acceptors (Lipinski definition) is 2. The Hall–Kier alpha value is -0.780. The first-order chi connectivity index (χ1) is 6.97. The molecule has 0 bridgehead atoms. The molecular formula is C9H12BrF3N2. The molecule has 0 atom stereocenters. The van der Waals surface area contributed by atoms with Gasteiger partial charge in [0, 0.05) is 10.7 Å². The number of nitrogens with zero attached hydrogens (tertiary/aromatic N) is 1. The lowest BCUT2D eigenvalue weighted by atomic mass is 10.4. The van der Waals surface area contributed by atoms with Crippen LogP contribution in [0.1, 0.15) is 13.8 Å². The summed E-state index contributed by atoms with van der Waals surface area (Å²) in [5.41, 5.74) is 0. The van der Waals surface area contributed by atoms with Gasteiger partial charge >= 0.3 is 6.18 Å². The first-order valence-corrected chi connectivity index (χ1v) is 5.19. The van der Waals surface area contributed by atoms with Gasteiger partial charge in [-0.2, -0.15) is 13.2 Å². The van der Waals surface area contributed by atoms with E-state index in [4.69, 9.17) is 0 Å². The van der Waals surface area contributed by atoms with Crippen LogP contribution >= 0.6 is 15.9 Å². The minimum Gasteiger partial charge on any atom is -0.361 e. The fourth-order valence-corrected chi connectivity index (χ4v) is 0.906. The quantitative estimate of drug-likeness (QED) is 0.892. The fourth-order valence-electron chi connectivity index (χ4n) is 0.671. The van der Waals surface area contributed by atoms with Crippen molar-refractivity contribution in [2.75, 3.05) is 11.9 Å². The van der Waals surface area contributed by atoms with E-state index in [-0.39, 0.29) is 5.82 Å². The lowest BCUT2D eigenvalue weighted by molar-refractivity contribution is -0.115. The van der Waals surface area contributed by atoms with Crippen molar-refractivity contribution in [2.45, 2.75) is 20.0 Å². The summed E-state index contributed by atoms with van der Waals surface area (Å²) in [7, 11) is 0. The minimum absolute atomic E-state index is 0.209. The maximum Gasteiger partial charge on any atom is 0.405 e. The van der Waals surface area contributed by atoms with Crippen LogP contribution < -0.4 is 5.32 Å². The van der Waals surface area contributed by atoms with Gasteiger partial charge in [-0.05, 0) is 28.1 Å². The highest BCUT2D eigenvalue weighted by Gasteiger charge is 2.26. The normalized spacial score (nSPS) is 10.3. The molecule has 1 aromatic rings. The first kappa shape index (κ1) is 14.2. The zero-order valence-electron chi connectivity index (χ0n) is 8.40. The maximum atomic E-state index is 11.7. The van der Waals surface area contributed by atoms with Gasteiger partial charge < -0.3 is 5.32 Å². The predicted molar refractivity (Wildman–Crippen MR) is 57.8 cm³/mol. The van der Waals surface area contributed by atoms with Gasteiger partial charge in [0.2, 0.25) is 0 Å². The van der Waals surface area contributed by atoms with Crippen LogP contribution in [0.2, 0.25) is 0 Å². The summed E-state index contributed by atoms with van der Waals surface area (Å²) >= 11 is 3.12. The molecule has 0 saturated carbocycles. The first-order valence-electron chi connectivity index (χ1n) is 4.39. The average molecular weight is 285 g/mol. The number of nitrogens with one attached hydrogen (secondary N) is 1. The smallest absolute Gasteiger partial charge is 0.361 e. The molecule has 0 radical (unpaired) electrons. The molecule has 0 aromatic carbocycles. The second-order valence-electron chi connectivity index (χ2n) is 2.33. The summed E-state index contributed by atoms with van der Waals surface area (Å²) in [4.78, 5) is 3.72. The second-order valence-corrected chi connectivity index (χ2v) is 3.25. The van der Waals surface area contributed by atoms with Crippen molar-refractivity contribution in [3.63, 3.8) is 0 Å². The molecule has 0 aliphatic heterocycles. The number of anilines is 1. The largest absolute Gasteiger partial charge is 0.405 e. The predicted octanol–water partition coefficient (Wildman–Crippen LogP) is 3.84. The van der Waals surface area contributed by atoms with Crippen molar-refractivity contribution >= 4 is 21.7 Å². The average Bonchev–Trinajstić information content (AvgIpc) is 2.19. The zero-order chi connectivity index (χ0) is 11.9. The molecule has 0 spiro atoms. The third-order valence-corrected chi connectivity index (χ3v) is 1.67. The van der Waals surface area contributed by atoms with E-state index in [0.717, 1.165) is 4.47 Å². The van der Waals surface area contributed by atoms with Crippen LogP contribution in [0.4, 0.5) is 19.0 Å². The zero-order valence-corrected chi connectivity index (χ0v) is 9.98. The Kier molecular flexibility index (Phi) is 6.31.